The topological polar surface area (TPSA) is 73.1 Å². The van der Waals surface area contributed by atoms with Crippen LogP contribution in [-0.4, -0.2) is 9.97 Å². The largest absolute Gasteiger partial charge is 0.439 e. The smallest absolute Gasteiger partial charge is 0.224 e. The van der Waals surface area contributed by atoms with Crippen LogP contribution < -0.4 is 16.0 Å². The Bertz CT molecular complexity index is 610. The molecule has 1 heterocycles. The maximum Gasteiger partial charge on any atom is 0.224 e. The second kappa shape index (κ2) is 5.64. The first kappa shape index (κ1) is 14.6. The van der Waals surface area contributed by atoms with Crippen LogP contribution in [0.2, 0.25) is 5.02 Å². The number of rotatable bonds is 3. The minimum Gasteiger partial charge on any atom is -0.439 e. The van der Waals surface area contributed by atoms with Gasteiger partial charge in [0, 0.05) is 16.5 Å². The Kier molecular flexibility index (Phi) is 4.11. The van der Waals surface area contributed by atoms with Gasteiger partial charge in [0.25, 0.3) is 0 Å². The molecule has 6 heteroatoms. The van der Waals surface area contributed by atoms with E-state index in [2.05, 4.69) is 15.4 Å². The number of benzene rings is 1. The zero-order chi connectivity index (χ0) is 14.8. The van der Waals surface area contributed by atoms with Gasteiger partial charge in [-0.15, -0.1) is 0 Å². The summed E-state index contributed by atoms with van der Waals surface area (Å²) in [6.07, 6.45) is 0. The van der Waals surface area contributed by atoms with E-state index in [9.17, 15) is 0 Å². The van der Waals surface area contributed by atoms with Crippen molar-refractivity contribution in [3.63, 3.8) is 0 Å². The summed E-state index contributed by atoms with van der Waals surface area (Å²) in [5.74, 6) is 7.60. The van der Waals surface area contributed by atoms with Gasteiger partial charge in [-0.2, -0.15) is 4.98 Å². The molecule has 2 rings (SSSR count). The van der Waals surface area contributed by atoms with Crippen molar-refractivity contribution in [2.45, 2.75) is 26.2 Å². The number of hydrogen-bond donors (Lipinski definition) is 2. The summed E-state index contributed by atoms with van der Waals surface area (Å²) in [6.45, 7) is 6.06. The lowest BCUT2D eigenvalue weighted by Crippen LogP contribution is -2.19. The van der Waals surface area contributed by atoms with E-state index in [1.54, 1.807) is 24.3 Å². The fraction of sp³-hybridized carbons (Fsp3) is 0.286. The summed E-state index contributed by atoms with van der Waals surface area (Å²) in [6, 6.07) is 8.75. The highest BCUT2D eigenvalue weighted by molar-refractivity contribution is 6.30. The normalized spacial score (nSPS) is 11.2. The molecule has 2 aromatic rings. The van der Waals surface area contributed by atoms with Crippen molar-refractivity contribution >= 4 is 17.4 Å². The van der Waals surface area contributed by atoms with Gasteiger partial charge in [0.05, 0.1) is 0 Å². The van der Waals surface area contributed by atoms with Crippen LogP contribution in [0.15, 0.2) is 30.3 Å². The molecule has 3 N–H and O–H groups in total. The number of halogens is 1. The summed E-state index contributed by atoms with van der Waals surface area (Å²) >= 11 is 5.93. The van der Waals surface area contributed by atoms with Gasteiger partial charge in [0.1, 0.15) is 17.4 Å². The lowest BCUT2D eigenvalue weighted by atomic mass is 9.96. The molecule has 0 saturated carbocycles. The molecule has 0 amide bonds. The third-order valence-electron chi connectivity index (χ3n) is 2.54. The van der Waals surface area contributed by atoms with Crippen LogP contribution in [0.4, 0.5) is 5.82 Å². The molecule has 0 aliphatic rings. The minimum absolute atomic E-state index is 0.209. The molecule has 0 fully saturated rings. The maximum atomic E-state index is 5.93. The van der Waals surface area contributed by atoms with Crippen LogP contribution in [0.25, 0.3) is 0 Å². The summed E-state index contributed by atoms with van der Waals surface area (Å²) in [4.78, 5) is 8.73. The fourth-order valence-electron chi connectivity index (χ4n) is 1.54. The van der Waals surface area contributed by atoms with Crippen LogP contribution in [0.5, 0.6) is 11.6 Å². The van der Waals surface area contributed by atoms with Gasteiger partial charge in [0.2, 0.25) is 5.88 Å². The van der Waals surface area contributed by atoms with Crippen LogP contribution >= 0.6 is 11.6 Å². The Hall–Kier alpha value is -1.85. The molecule has 1 aromatic heterocycles. The van der Waals surface area contributed by atoms with E-state index >= 15 is 0 Å². The molecule has 0 aliphatic heterocycles. The summed E-state index contributed by atoms with van der Waals surface area (Å²) in [5.41, 5.74) is 2.31. The molecule has 106 valence electrons. The van der Waals surface area contributed by atoms with E-state index in [-0.39, 0.29) is 5.41 Å². The molecule has 0 bridgehead atoms. The molecular formula is C14H17ClN4O. The predicted octanol–water partition coefficient (Wildman–Crippen LogP) is 3.51. The molecule has 1 aromatic carbocycles. The molecule has 0 unspecified atom stereocenters. The van der Waals surface area contributed by atoms with Crippen molar-refractivity contribution in [1.82, 2.24) is 9.97 Å². The number of nitrogens with two attached hydrogens (primary N) is 1. The van der Waals surface area contributed by atoms with Crippen molar-refractivity contribution in [3.8, 4) is 11.6 Å². The number of anilines is 1. The third-order valence-corrected chi connectivity index (χ3v) is 2.77. The van der Waals surface area contributed by atoms with Gasteiger partial charge in [0.15, 0.2) is 0 Å². The van der Waals surface area contributed by atoms with Gasteiger partial charge in [-0.05, 0) is 18.2 Å². The molecule has 0 spiro atoms. The first-order valence-corrected chi connectivity index (χ1v) is 6.56. The third kappa shape index (κ3) is 3.59. The Morgan fingerprint density at radius 3 is 2.55 bits per heavy atom. The summed E-state index contributed by atoms with van der Waals surface area (Å²) in [7, 11) is 0. The molecule has 20 heavy (non-hydrogen) atoms. The predicted molar refractivity (Wildman–Crippen MR) is 80.1 cm³/mol. The second-order valence-electron chi connectivity index (χ2n) is 5.37. The van der Waals surface area contributed by atoms with Gasteiger partial charge in [-0.1, -0.05) is 38.4 Å². The monoisotopic (exact) mass is 292 g/mol. The lowest BCUT2D eigenvalue weighted by Gasteiger charge is -2.18. The van der Waals surface area contributed by atoms with Gasteiger partial charge in [-0.25, -0.2) is 10.8 Å². The quantitative estimate of drug-likeness (QED) is 0.669. The highest BCUT2D eigenvalue weighted by Gasteiger charge is 2.19. The molecule has 5 nitrogen and oxygen atoms in total. The number of ether oxygens (including phenoxy) is 1. The molecule has 0 saturated heterocycles. The van der Waals surface area contributed by atoms with E-state index in [1.165, 1.54) is 0 Å². The molecule has 0 aliphatic carbocycles. The number of hydrazine groups is 1. The van der Waals surface area contributed by atoms with E-state index in [4.69, 9.17) is 22.2 Å². The van der Waals surface area contributed by atoms with Crippen LogP contribution in [0.3, 0.4) is 0 Å². The van der Waals surface area contributed by atoms with E-state index in [0.29, 0.717) is 28.3 Å². The molecular weight excluding hydrogens is 276 g/mol. The number of aromatic nitrogens is 2. The number of hydrogen-bond acceptors (Lipinski definition) is 5. The van der Waals surface area contributed by atoms with Crippen LogP contribution in [0, 0.1) is 0 Å². The van der Waals surface area contributed by atoms with Crippen molar-refractivity contribution in [2.24, 2.45) is 5.84 Å². The van der Waals surface area contributed by atoms with Gasteiger partial charge in [-0.3, -0.25) is 0 Å². The Morgan fingerprint density at radius 2 is 1.95 bits per heavy atom. The average Bonchev–Trinajstić information content (AvgIpc) is 2.37. The van der Waals surface area contributed by atoms with E-state index in [1.807, 2.05) is 26.8 Å². The van der Waals surface area contributed by atoms with Crippen LogP contribution in [-0.2, 0) is 5.41 Å². The minimum atomic E-state index is -0.209. The zero-order valence-electron chi connectivity index (χ0n) is 11.6. The van der Waals surface area contributed by atoms with Crippen LogP contribution in [0.1, 0.15) is 26.6 Å². The number of nitrogens with zero attached hydrogens (tertiary/aromatic N) is 2. The van der Waals surface area contributed by atoms with Crippen molar-refractivity contribution in [1.29, 1.82) is 0 Å². The Labute approximate surface area is 123 Å². The summed E-state index contributed by atoms with van der Waals surface area (Å²) in [5, 5.41) is 0.602. The molecule has 0 atom stereocenters. The van der Waals surface area contributed by atoms with Crippen molar-refractivity contribution in [2.75, 3.05) is 5.43 Å². The van der Waals surface area contributed by atoms with Crippen molar-refractivity contribution in [3.05, 3.63) is 41.2 Å². The molecule has 0 radical (unpaired) electrons. The van der Waals surface area contributed by atoms with Gasteiger partial charge >= 0.3 is 0 Å². The average molecular weight is 293 g/mol. The number of nitrogens with one attached hydrogen (secondary N) is 1. The summed E-state index contributed by atoms with van der Waals surface area (Å²) < 4.78 is 5.71. The number of nitrogen functional groups attached to an aromatic ring is 1. The first-order valence-electron chi connectivity index (χ1n) is 6.18. The van der Waals surface area contributed by atoms with E-state index in [0.717, 1.165) is 0 Å². The SMILES string of the molecule is CC(C)(C)c1nc(NN)cc(Oc2cccc(Cl)c2)n1. The standard InChI is InChI=1S/C14H17ClN4O/c1-14(2,3)13-17-11(19-16)8-12(18-13)20-10-6-4-5-9(15)7-10/h4-8H,16H2,1-3H3,(H,17,18,19). The Balaban J connectivity index is 2.36. The fourth-order valence-corrected chi connectivity index (χ4v) is 1.72. The first-order chi connectivity index (χ1) is 9.38. The highest BCUT2D eigenvalue weighted by Crippen LogP contribution is 2.27. The second-order valence-corrected chi connectivity index (χ2v) is 5.81. The lowest BCUT2D eigenvalue weighted by molar-refractivity contribution is 0.446. The highest BCUT2D eigenvalue weighted by atomic mass is 35.5. The van der Waals surface area contributed by atoms with Gasteiger partial charge < -0.3 is 10.2 Å². The zero-order valence-corrected chi connectivity index (χ0v) is 12.4. The van der Waals surface area contributed by atoms with E-state index < -0.39 is 0 Å². The maximum absolute atomic E-state index is 5.93. The van der Waals surface area contributed by atoms with Crippen molar-refractivity contribution < 1.29 is 4.74 Å². The Morgan fingerprint density at radius 1 is 1.20 bits per heavy atom.